The van der Waals surface area contributed by atoms with Gasteiger partial charge in [0.15, 0.2) is 0 Å². The molecule has 11 aromatic rings. The van der Waals surface area contributed by atoms with E-state index in [1.807, 2.05) is 0 Å². The van der Waals surface area contributed by atoms with Crippen LogP contribution in [0.2, 0.25) is 0 Å². The van der Waals surface area contributed by atoms with Crippen LogP contribution in [0.25, 0.3) is 110 Å². The zero-order valence-corrected chi connectivity index (χ0v) is 26.5. The lowest BCUT2D eigenvalue weighted by Crippen LogP contribution is -1.92. The average Bonchev–Trinajstić information content (AvgIpc) is 1.16. The number of fused-ring (bicyclic) bond motifs is 7. The standard InChI is InChI=1S/C52H32O/c1-2-14-34(15-3-1)38-24-13-29-49-52(38)47-32-35(30-31-48(47)53-49)37-23-11-26-40-39(37)25-12-28-42(40)51-45-21-8-6-19-43(45)50(44-20-7-9-22-46(44)51)41-27-10-17-33-16-4-5-18-36(33)41/h1-32H/i1D,2D,3D,4D,5D,6D,7D,8D,9D,10D,11D,12D,13D,14D,15D,16D,17D,18D,19D,20D,21D,22D,23D,24D,26D,27D,28D,29D,30D,31D,32D. The van der Waals surface area contributed by atoms with Gasteiger partial charge in [-0.05, 0) is 106 Å². The second-order valence-electron chi connectivity index (χ2n) is 11.6. The molecule has 11 rings (SSSR count). The van der Waals surface area contributed by atoms with Gasteiger partial charge in [-0.1, -0.05) is 175 Å². The molecule has 0 bridgehead atoms. The lowest BCUT2D eigenvalue weighted by atomic mass is 9.83. The Morgan fingerprint density at radius 2 is 0.868 bits per heavy atom. The first-order valence-corrected chi connectivity index (χ1v) is 15.7. The van der Waals surface area contributed by atoms with E-state index < -0.39 is 297 Å². The van der Waals surface area contributed by atoms with Crippen LogP contribution in [0.4, 0.5) is 0 Å². The van der Waals surface area contributed by atoms with Crippen LogP contribution in [0.1, 0.15) is 42.5 Å². The van der Waals surface area contributed by atoms with E-state index in [9.17, 15) is 17.8 Å². The maximum Gasteiger partial charge on any atom is 0.136 e. The molecule has 0 amide bonds. The molecular weight excluding hydrogens is 641 g/mol. The minimum absolute atomic E-state index is 0.529. The van der Waals surface area contributed by atoms with Crippen molar-refractivity contribution in [3.05, 3.63) is 193 Å². The molecule has 0 saturated heterocycles. The molecule has 0 aliphatic carbocycles. The van der Waals surface area contributed by atoms with Gasteiger partial charge < -0.3 is 4.42 Å². The highest BCUT2D eigenvalue weighted by molar-refractivity contribution is 6.25. The van der Waals surface area contributed by atoms with E-state index in [4.69, 9.17) is 29.1 Å². The van der Waals surface area contributed by atoms with E-state index in [0.717, 1.165) is 6.07 Å². The van der Waals surface area contributed by atoms with Gasteiger partial charge >= 0.3 is 0 Å². The summed E-state index contributed by atoms with van der Waals surface area (Å²) in [5.41, 5.74) is -7.17. The fourth-order valence-electron chi connectivity index (χ4n) is 6.65. The highest BCUT2D eigenvalue weighted by Crippen LogP contribution is 2.47. The largest absolute Gasteiger partial charge is 0.456 e. The Hall–Kier alpha value is -6.96. The van der Waals surface area contributed by atoms with E-state index in [-0.39, 0.29) is 0 Å². The second-order valence-corrected chi connectivity index (χ2v) is 11.6. The van der Waals surface area contributed by atoms with Crippen molar-refractivity contribution in [1.29, 1.82) is 0 Å². The molecule has 0 aliphatic heterocycles. The van der Waals surface area contributed by atoms with Crippen molar-refractivity contribution >= 4 is 65.0 Å². The molecule has 0 saturated carbocycles. The van der Waals surface area contributed by atoms with Crippen LogP contribution in [-0.2, 0) is 0 Å². The van der Waals surface area contributed by atoms with Gasteiger partial charge in [-0.15, -0.1) is 0 Å². The number of furan rings is 1. The third-order valence-corrected chi connectivity index (χ3v) is 8.84. The number of rotatable bonds is 4. The summed E-state index contributed by atoms with van der Waals surface area (Å²) in [5, 5.41) is -6.79. The van der Waals surface area contributed by atoms with Crippen molar-refractivity contribution in [2.75, 3.05) is 0 Å². The summed E-state index contributed by atoms with van der Waals surface area (Å²) in [6, 6.07) is -28.5. The lowest BCUT2D eigenvalue weighted by molar-refractivity contribution is 0.669. The van der Waals surface area contributed by atoms with E-state index in [0.29, 0.717) is 0 Å². The van der Waals surface area contributed by atoms with Gasteiger partial charge in [-0.2, -0.15) is 0 Å². The Bertz CT molecular complexity index is 4910. The zero-order chi connectivity index (χ0) is 61.9. The molecule has 0 radical (unpaired) electrons. The summed E-state index contributed by atoms with van der Waals surface area (Å²) >= 11 is 0. The van der Waals surface area contributed by atoms with Gasteiger partial charge in [0.25, 0.3) is 0 Å². The fourth-order valence-corrected chi connectivity index (χ4v) is 6.65. The summed E-state index contributed by atoms with van der Waals surface area (Å²) < 4.78 is 288. The Labute approximate surface area is 350 Å². The summed E-state index contributed by atoms with van der Waals surface area (Å²) in [6.45, 7) is 0. The van der Waals surface area contributed by atoms with Crippen LogP contribution in [-0.4, -0.2) is 0 Å². The topological polar surface area (TPSA) is 13.1 Å². The first-order chi connectivity index (χ1) is 39.2. The Morgan fingerprint density at radius 3 is 1.62 bits per heavy atom. The SMILES string of the molecule is [2H]c1cc2c(-c3c([2H])c([2H])c4oc5c([2H])c([2H])c([2H])c(-c6c([2H])c([2H])c([2H])c([2H])c6[2H])c5c4c3[2H])c([2H])c([2H])c([2H])c2c(-c2c3c([2H])c([2H])c([2H])c([2H])c3c(-c3c([2H])c([2H])c([2H])c4c([2H])c([2H])c([2H])c([2H])c34)c3c([2H])c([2H])c([2H])c([2H])c23)c1[2H]. The molecule has 0 spiro atoms. The molecule has 1 heterocycles. The summed E-state index contributed by atoms with van der Waals surface area (Å²) in [6.07, 6.45) is 0. The molecule has 246 valence electrons. The lowest BCUT2D eigenvalue weighted by Gasteiger charge is -2.20. The Morgan fingerprint density at radius 1 is 0.321 bits per heavy atom. The third-order valence-electron chi connectivity index (χ3n) is 8.84. The van der Waals surface area contributed by atoms with Gasteiger partial charge in [0.1, 0.15) is 11.2 Å². The molecular formula is C52H32O. The summed E-state index contributed by atoms with van der Waals surface area (Å²) in [7, 11) is 0. The first kappa shape index (κ1) is 12.3. The minimum Gasteiger partial charge on any atom is -0.456 e. The molecule has 0 unspecified atom stereocenters. The molecule has 0 N–H and O–H groups in total. The Balaban J connectivity index is 1.41. The van der Waals surface area contributed by atoms with Crippen LogP contribution >= 0.6 is 0 Å². The highest BCUT2D eigenvalue weighted by Gasteiger charge is 2.20. The molecule has 0 aliphatic rings. The molecule has 10 aromatic carbocycles. The quantitative estimate of drug-likeness (QED) is 0.166. The maximum absolute atomic E-state index is 9.91. The van der Waals surface area contributed by atoms with E-state index in [2.05, 4.69) is 0 Å². The predicted octanol–water partition coefficient (Wildman–Crippen LogP) is 14.9. The summed E-state index contributed by atoms with van der Waals surface area (Å²) in [5.74, 6) is 0. The molecule has 53 heavy (non-hydrogen) atoms. The fraction of sp³-hybridized carbons (Fsp3) is 0. The van der Waals surface area contributed by atoms with Crippen molar-refractivity contribution < 1.29 is 46.9 Å². The predicted molar refractivity (Wildman–Crippen MR) is 225 cm³/mol. The van der Waals surface area contributed by atoms with Crippen LogP contribution in [0, 0.1) is 0 Å². The molecule has 1 nitrogen and oxygen atoms in total. The molecule has 1 aromatic heterocycles. The van der Waals surface area contributed by atoms with E-state index >= 15 is 0 Å². The number of hydrogen-bond acceptors (Lipinski definition) is 1. The van der Waals surface area contributed by atoms with Crippen molar-refractivity contribution in [2.45, 2.75) is 0 Å². The third kappa shape index (κ3) is 4.58. The van der Waals surface area contributed by atoms with Crippen LogP contribution in [0.3, 0.4) is 0 Å². The van der Waals surface area contributed by atoms with Crippen LogP contribution in [0.15, 0.2) is 198 Å². The van der Waals surface area contributed by atoms with E-state index in [1.165, 1.54) is 0 Å². The van der Waals surface area contributed by atoms with Crippen LogP contribution < -0.4 is 0 Å². The first-order valence-electron chi connectivity index (χ1n) is 31.2. The molecule has 0 fully saturated rings. The van der Waals surface area contributed by atoms with Gasteiger partial charge in [0, 0.05) is 10.8 Å². The number of benzene rings is 10. The highest BCUT2D eigenvalue weighted by atomic mass is 16.3. The molecule has 0 atom stereocenters. The van der Waals surface area contributed by atoms with Gasteiger partial charge in [0.2, 0.25) is 0 Å². The second kappa shape index (κ2) is 11.8. The molecule has 1 heteroatoms. The van der Waals surface area contributed by atoms with Gasteiger partial charge in [-0.25, -0.2) is 0 Å². The summed E-state index contributed by atoms with van der Waals surface area (Å²) in [4.78, 5) is 0. The number of hydrogen-bond donors (Lipinski definition) is 0. The van der Waals surface area contributed by atoms with Gasteiger partial charge in [-0.3, -0.25) is 0 Å². The van der Waals surface area contributed by atoms with E-state index in [1.54, 1.807) is 0 Å². The minimum atomic E-state index is -1.06. The zero-order valence-electron chi connectivity index (χ0n) is 57.5. The van der Waals surface area contributed by atoms with Crippen molar-refractivity contribution in [1.82, 2.24) is 0 Å². The Kier molecular flexibility index (Phi) is 2.74. The normalized spacial score (nSPS) is 20.0. The van der Waals surface area contributed by atoms with Crippen molar-refractivity contribution in [2.24, 2.45) is 0 Å². The van der Waals surface area contributed by atoms with Gasteiger partial charge in [0.05, 0.1) is 42.5 Å². The van der Waals surface area contributed by atoms with Crippen molar-refractivity contribution in [3.63, 3.8) is 0 Å². The van der Waals surface area contributed by atoms with Crippen LogP contribution in [0.5, 0.6) is 0 Å². The average molecular weight is 704 g/mol. The monoisotopic (exact) mass is 703 g/mol. The van der Waals surface area contributed by atoms with Crippen molar-refractivity contribution in [3.8, 4) is 44.5 Å². The maximum atomic E-state index is 9.91. The smallest absolute Gasteiger partial charge is 0.136 e.